The van der Waals surface area contributed by atoms with E-state index in [1.807, 2.05) is 6.92 Å². The Bertz CT molecular complexity index is 1230. The molecule has 4 rings (SSSR count). The molecule has 0 saturated heterocycles. The Kier molecular flexibility index (Phi) is 5.98. The molecule has 0 atom stereocenters. The smallest absolute Gasteiger partial charge is 0.261 e. The van der Waals surface area contributed by atoms with Crippen molar-refractivity contribution in [1.29, 1.82) is 0 Å². The highest BCUT2D eigenvalue weighted by Crippen LogP contribution is 2.45. The van der Waals surface area contributed by atoms with Gasteiger partial charge in [-0.05, 0) is 56.1 Å². The molecule has 0 radical (unpaired) electrons. The quantitative estimate of drug-likeness (QED) is 0.450. The van der Waals surface area contributed by atoms with Crippen LogP contribution in [0.3, 0.4) is 0 Å². The van der Waals surface area contributed by atoms with Gasteiger partial charge in [0.2, 0.25) is 17.6 Å². The maximum Gasteiger partial charge on any atom is 0.261 e. The molecule has 0 aliphatic heterocycles. The molecule has 4 N–H and O–H groups in total. The predicted molar refractivity (Wildman–Crippen MR) is 120 cm³/mol. The number of nitrogens with one attached hydrogen (secondary N) is 2. The summed E-state index contributed by atoms with van der Waals surface area (Å²) in [5.74, 6) is 0.708. The zero-order chi connectivity index (χ0) is 22.8. The lowest BCUT2D eigenvalue weighted by Gasteiger charge is -2.12. The molecule has 1 amide bonds. The summed E-state index contributed by atoms with van der Waals surface area (Å²) in [7, 11) is -3.88. The third-order valence-electron chi connectivity index (χ3n) is 5.39. The van der Waals surface area contributed by atoms with Crippen molar-refractivity contribution in [2.75, 3.05) is 16.6 Å². The number of anilines is 2. The Labute approximate surface area is 186 Å². The Balaban J connectivity index is 1.50. The van der Waals surface area contributed by atoms with E-state index in [2.05, 4.69) is 20.2 Å². The fourth-order valence-electron chi connectivity index (χ4n) is 3.10. The van der Waals surface area contributed by atoms with Gasteiger partial charge in [0.05, 0.1) is 10.6 Å². The summed E-state index contributed by atoms with van der Waals surface area (Å²) < 4.78 is 33.7. The lowest BCUT2D eigenvalue weighted by molar-refractivity contribution is -0.120. The van der Waals surface area contributed by atoms with Gasteiger partial charge in [-0.15, -0.1) is 0 Å². The van der Waals surface area contributed by atoms with E-state index in [1.165, 1.54) is 12.1 Å². The van der Waals surface area contributed by atoms with Crippen molar-refractivity contribution < 1.29 is 17.7 Å². The molecule has 168 valence electrons. The second-order valence-electron chi connectivity index (χ2n) is 8.13. The highest BCUT2D eigenvalue weighted by Gasteiger charge is 2.44. The van der Waals surface area contributed by atoms with Gasteiger partial charge in [0, 0.05) is 23.1 Å². The Morgan fingerprint density at radius 3 is 2.66 bits per heavy atom. The number of carbonyl (C=O) groups is 1. The van der Waals surface area contributed by atoms with Crippen LogP contribution in [0, 0.1) is 5.41 Å². The van der Waals surface area contributed by atoms with Gasteiger partial charge in [0.1, 0.15) is 0 Å². The van der Waals surface area contributed by atoms with E-state index in [9.17, 15) is 13.2 Å². The van der Waals surface area contributed by atoms with Gasteiger partial charge in [-0.1, -0.05) is 30.3 Å². The number of hydrogen-bond acceptors (Lipinski definition) is 7. The minimum absolute atomic E-state index is 0.0586. The fourth-order valence-corrected chi connectivity index (χ4v) is 4.20. The van der Waals surface area contributed by atoms with Gasteiger partial charge < -0.3 is 15.6 Å². The summed E-state index contributed by atoms with van der Waals surface area (Å²) in [6, 6.07) is 12.9. The van der Waals surface area contributed by atoms with Crippen LogP contribution >= 0.6 is 0 Å². The molecule has 9 nitrogen and oxygen atoms in total. The molecule has 1 aromatic heterocycles. The van der Waals surface area contributed by atoms with Crippen LogP contribution in [0.25, 0.3) is 11.4 Å². The lowest BCUT2D eigenvalue weighted by atomic mass is 10.1. The number of hydrogen-bond donors (Lipinski definition) is 3. The highest BCUT2D eigenvalue weighted by molar-refractivity contribution is 7.92. The van der Waals surface area contributed by atoms with E-state index in [1.54, 1.807) is 36.4 Å². The summed E-state index contributed by atoms with van der Waals surface area (Å²) in [6.07, 6.45) is 3.00. The molecule has 1 aliphatic rings. The van der Waals surface area contributed by atoms with E-state index in [0.717, 1.165) is 19.3 Å². The normalized spacial score (nSPS) is 14.7. The largest absolute Gasteiger partial charge is 0.339 e. The number of benzene rings is 2. The molecular weight excluding hydrogens is 430 g/mol. The number of carbonyl (C=O) groups excluding carboxylic acids is 1. The molecule has 0 unspecified atom stereocenters. The first-order valence-electron chi connectivity index (χ1n) is 10.4. The van der Waals surface area contributed by atoms with Crippen molar-refractivity contribution in [1.82, 2.24) is 10.1 Å². The molecule has 1 saturated carbocycles. The Morgan fingerprint density at radius 1 is 1.16 bits per heavy atom. The van der Waals surface area contributed by atoms with Gasteiger partial charge in [-0.2, -0.15) is 4.98 Å². The average Bonchev–Trinajstić information content (AvgIpc) is 3.35. The van der Waals surface area contributed by atoms with Gasteiger partial charge in [-0.25, -0.2) is 8.42 Å². The Hall–Kier alpha value is -3.24. The second-order valence-corrected chi connectivity index (χ2v) is 9.82. The van der Waals surface area contributed by atoms with Crippen LogP contribution in [0.2, 0.25) is 0 Å². The Morgan fingerprint density at radius 2 is 1.91 bits per heavy atom. The monoisotopic (exact) mass is 455 g/mol. The van der Waals surface area contributed by atoms with Gasteiger partial charge in [0.15, 0.2) is 0 Å². The van der Waals surface area contributed by atoms with E-state index in [0.29, 0.717) is 41.6 Å². The summed E-state index contributed by atoms with van der Waals surface area (Å²) in [5, 5.41) is 6.78. The third-order valence-corrected chi connectivity index (χ3v) is 6.77. The minimum atomic E-state index is -3.88. The summed E-state index contributed by atoms with van der Waals surface area (Å²) in [6.45, 7) is 2.42. The molecule has 1 aliphatic carbocycles. The number of sulfonamides is 1. The number of nitrogens with two attached hydrogens (primary N) is 1. The van der Waals surface area contributed by atoms with Crippen LogP contribution in [-0.4, -0.2) is 31.0 Å². The third kappa shape index (κ3) is 4.97. The van der Waals surface area contributed by atoms with Crippen molar-refractivity contribution in [3.8, 4) is 11.4 Å². The number of aromatic nitrogens is 2. The molecule has 1 heterocycles. The molecule has 1 fully saturated rings. The average molecular weight is 456 g/mol. The molecule has 3 aromatic rings. The zero-order valence-electron chi connectivity index (χ0n) is 17.7. The fraction of sp³-hybridized carbons (Fsp3) is 0.318. The zero-order valence-corrected chi connectivity index (χ0v) is 18.5. The molecular formula is C22H25N5O4S. The second kappa shape index (κ2) is 8.71. The first-order valence-corrected chi connectivity index (χ1v) is 11.8. The lowest BCUT2D eigenvalue weighted by Crippen LogP contribution is -2.21. The highest BCUT2D eigenvalue weighted by atomic mass is 32.2. The minimum Gasteiger partial charge on any atom is -0.339 e. The van der Waals surface area contributed by atoms with Gasteiger partial charge in [0.25, 0.3) is 10.0 Å². The van der Waals surface area contributed by atoms with Crippen LogP contribution in [0.5, 0.6) is 0 Å². The first kappa shape index (κ1) is 22.0. The molecule has 0 spiro atoms. The predicted octanol–water partition coefficient (Wildman–Crippen LogP) is 3.17. The van der Waals surface area contributed by atoms with E-state index in [4.69, 9.17) is 10.3 Å². The molecule has 10 heteroatoms. The molecule has 0 bridgehead atoms. The topological polar surface area (TPSA) is 140 Å². The van der Waals surface area contributed by atoms with Crippen molar-refractivity contribution in [2.45, 2.75) is 37.5 Å². The van der Waals surface area contributed by atoms with E-state index in [-0.39, 0.29) is 16.2 Å². The maximum absolute atomic E-state index is 13.0. The van der Waals surface area contributed by atoms with Gasteiger partial charge in [-0.3, -0.25) is 9.52 Å². The van der Waals surface area contributed by atoms with Crippen LogP contribution in [0.1, 0.15) is 32.1 Å². The first-order chi connectivity index (χ1) is 15.3. The standard InChI is InChI=1S/C22H25N5O4S/c1-22(10-11-22)21(28)24-16-6-3-7-17(14-16)27-32(29,30)18-8-2-5-15(13-18)20-25-19(31-26-20)9-4-12-23/h2-3,5-8,13-14,27H,4,9-12,23H2,1H3,(H,24,28). The summed E-state index contributed by atoms with van der Waals surface area (Å²) in [5.41, 5.74) is 6.58. The van der Waals surface area contributed by atoms with Crippen LogP contribution in [0.4, 0.5) is 11.4 Å². The van der Waals surface area contributed by atoms with Crippen LogP contribution in [-0.2, 0) is 21.2 Å². The van der Waals surface area contributed by atoms with Crippen molar-refractivity contribution in [3.63, 3.8) is 0 Å². The van der Waals surface area contributed by atoms with E-state index >= 15 is 0 Å². The summed E-state index contributed by atoms with van der Waals surface area (Å²) >= 11 is 0. The molecule has 2 aromatic carbocycles. The van der Waals surface area contributed by atoms with E-state index < -0.39 is 10.0 Å². The van der Waals surface area contributed by atoms with Crippen molar-refractivity contribution >= 4 is 27.3 Å². The summed E-state index contributed by atoms with van der Waals surface area (Å²) in [4.78, 5) is 16.6. The SMILES string of the molecule is CC1(C(=O)Nc2cccc(NS(=O)(=O)c3cccc(-c4noc(CCCN)n4)c3)c2)CC1. The van der Waals surface area contributed by atoms with Crippen molar-refractivity contribution in [3.05, 3.63) is 54.4 Å². The number of rotatable bonds is 9. The number of amides is 1. The van der Waals surface area contributed by atoms with Crippen molar-refractivity contribution in [2.24, 2.45) is 11.1 Å². The molecule has 32 heavy (non-hydrogen) atoms. The maximum atomic E-state index is 13.0. The van der Waals surface area contributed by atoms with Crippen LogP contribution < -0.4 is 15.8 Å². The number of nitrogens with zero attached hydrogens (tertiary/aromatic N) is 2. The van der Waals surface area contributed by atoms with Gasteiger partial charge >= 0.3 is 0 Å². The van der Waals surface area contributed by atoms with Crippen LogP contribution in [0.15, 0.2) is 57.9 Å². The number of aryl methyl sites for hydroxylation is 1.